The van der Waals surface area contributed by atoms with Gasteiger partial charge in [0.2, 0.25) is 10.0 Å². The number of ether oxygens (including phenoxy) is 1. The van der Waals surface area contributed by atoms with Crippen molar-refractivity contribution in [3.63, 3.8) is 0 Å². The maximum Gasteiger partial charge on any atom is 0.405 e. The summed E-state index contributed by atoms with van der Waals surface area (Å²) in [5.74, 6) is 0. The lowest BCUT2D eigenvalue weighted by Gasteiger charge is -2.30. The Kier molecular flexibility index (Phi) is 8.67. The number of sulfonamides is 1. The molecular formula is C21H28ClN3O5S. The zero-order chi connectivity index (χ0) is 23.1. The lowest BCUT2D eigenvalue weighted by Crippen LogP contribution is -2.50. The Hall–Kier alpha value is -2.36. The number of nitrogens with one attached hydrogen (secondary N) is 1. The first-order valence-electron chi connectivity index (χ1n) is 9.79. The lowest BCUT2D eigenvalue weighted by molar-refractivity contribution is 0.0634. The molecule has 1 aromatic carbocycles. The van der Waals surface area contributed by atoms with E-state index < -0.39 is 21.7 Å². The Morgan fingerprint density at radius 3 is 2.55 bits per heavy atom. The van der Waals surface area contributed by atoms with Crippen molar-refractivity contribution in [3.05, 3.63) is 58.9 Å². The van der Waals surface area contributed by atoms with Crippen LogP contribution in [0.25, 0.3) is 0 Å². The van der Waals surface area contributed by atoms with Crippen molar-refractivity contribution in [2.75, 3.05) is 23.7 Å². The van der Waals surface area contributed by atoms with Gasteiger partial charge in [-0.2, -0.15) is 0 Å². The first-order chi connectivity index (χ1) is 14.6. The van der Waals surface area contributed by atoms with E-state index in [0.717, 1.165) is 11.8 Å². The number of benzene rings is 1. The number of carboxylic acid groups (broad SMARTS) is 1. The molecule has 1 aromatic heterocycles. The molecule has 10 heteroatoms. The first kappa shape index (κ1) is 24.9. The molecule has 0 saturated carbocycles. The third-order valence-corrected chi connectivity index (χ3v) is 6.01. The summed E-state index contributed by atoms with van der Waals surface area (Å²) in [6, 6.07) is 11.1. The monoisotopic (exact) mass is 469 g/mol. The standard InChI is InChI=1S/C21H28ClN3O5S/c1-4-12-25(31(3,28)29)18-17(10-11-23-19(18)22)14-30-15-21(2,24-20(26)27)13-16-8-6-5-7-9-16/h5-11,24H,4,12-15H2,1-3H3,(H,26,27). The average Bonchev–Trinajstić information content (AvgIpc) is 2.66. The van der Waals surface area contributed by atoms with Gasteiger partial charge in [0.1, 0.15) is 0 Å². The molecule has 0 radical (unpaired) electrons. The number of amides is 1. The molecule has 8 nitrogen and oxygen atoms in total. The number of hydrogen-bond acceptors (Lipinski definition) is 5. The average molecular weight is 470 g/mol. The Labute approximate surface area is 188 Å². The number of nitrogens with zero attached hydrogens (tertiary/aromatic N) is 2. The van der Waals surface area contributed by atoms with Crippen molar-refractivity contribution in [2.45, 2.75) is 38.8 Å². The van der Waals surface area contributed by atoms with Crippen LogP contribution >= 0.6 is 11.6 Å². The van der Waals surface area contributed by atoms with Gasteiger partial charge in [-0.25, -0.2) is 18.2 Å². The van der Waals surface area contributed by atoms with E-state index in [-0.39, 0.29) is 30.6 Å². The van der Waals surface area contributed by atoms with Crippen molar-refractivity contribution in [2.24, 2.45) is 0 Å². The molecule has 2 aromatic rings. The third-order valence-electron chi connectivity index (χ3n) is 4.56. The van der Waals surface area contributed by atoms with E-state index in [2.05, 4.69) is 10.3 Å². The maximum atomic E-state index is 12.3. The van der Waals surface area contributed by atoms with Gasteiger partial charge < -0.3 is 15.2 Å². The SMILES string of the molecule is CCCN(c1c(COCC(C)(Cc2ccccc2)NC(=O)O)ccnc1Cl)S(C)(=O)=O. The Morgan fingerprint density at radius 2 is 1.97 bits per heavy atom. The highest BCUT2D eigenvalue weighted by Gasteiger charge is 2.28. The fourth-order valence-corrected chi connectivity index (χ4v) is 4.69. The van der Waals surface area contributed by atoms with E-state index in [0.29, 0.717) is 18.4 Å². The van der Waals surface area contributed by atoms with Crippen LogP contribution in [0.15, 0.2) is 42.6 Å². The fourth-order valence-electron chi connectivity index (χ4n) is 3.31. The van der Waals surface area contributed by atoms with Crippen LogP contribution in [0.1, 0.15) is 31.4 Å². The minimum absolute atomic E-state index is 0.0407. The maximum absolute atomic E-state index is 12.3. The van der Waals surface area contributed by atoms with Crippen LogP contribution in [0, 0.1) is 0 Å². The van der Waals surface area contributed by atoms with Gasteiger partial charge in [0.15, 0.2) is 5.15 Å². The second-order valence-corrected chi connectivity index (χ2v) is 9.86. The second kappa shape index (κ2) is 10.8. The largest absolute Gasteiger partial charge is 0.465 e. The summed E-state index contributed by atoms with van der Waals surface area (Å²) in [5.41, 5.74) is 0.909. The molecule has 0 fully saturated rings. The normalized spacial score (nSPS) is 13.4. The van der Waals surface area contributed by atoms with Crippen LogP contribution in [0.4, 0.5) is 10.5 Å². The molecule has 2 rings (SSSR count). The molecule has 1 heterocycles. The van der Waals surface area contributed by atoms with Gasteiger partial charge in [-0.15, -0.1) is 0 Å². The molecule has 0 saturated heterocycles. The summed E-state index contributed by atoms with van der Waals surface area (Å²) in [6.07, 6.45) is 2.46. The van der Waals surface area contributed by atoms with Gasteiger partial charge in [-0.3, -0.25) is 4.31 Å². The molecule has 31 heavy (non-hydrogen) atoms. The minimum atomic E-state index is -3.57. The molecule has 1 unspecified atom stereocenters. The van der Waals surface area contributed by atoms with E-state index in [4.69, 9.17) is 16.3 Å². The van der Waals surface area contributed by atoms with E-state index in [1.165, 1.54) is 10.5 Å². The van der Waals surface area contributed by atoms with E-state index in [1.54, 1.807) is 13.0 Å². The molecule has 1 atom stereocenters. The van der Waals surface area contributed by atoms with Gasteiger partial charge in [-0.05, 0) is 31.4 Å². The van der Waals surface area contributed by atoms with Crippen LogP contribution in [-0.4, -0.2) is 49.5 Å². The van der Waals surface area contributed by atoms with Gasteiger partial charge in [0.05, 0.1) is 30.7 Å². The highest BCUT2D eigenvalue weighted by molar-refractivity contribution is 7.92. The van der Waals surface area contributed by atoms with Crippen molar-refractivity contribution in [1.29, 1.82) is 0 Å². The highest BCUT2D eigenvalue weighted by atomic mass is 35.5. The van der Waals surface area contributed by atoms with Crippen LogP contribution in [-0.2, 0) is 27.8 Å². The number of pyridine rings is 1. The zero-order valence-corrected chi connectivity index (χ0v) is 19.4. The number of hydrogen-bond donors (Lipinski definition) is 2. The van der Waals surface area contributed by atoms with Crippen LogP contribution < -0.4 is 9.62 Å². The van der Waals surface area contributed by atoms with E-state index in [1.807, 2.05) is 37.3 Å². The fraction of sp³-hybridized carbons (Fsp3) is 0.429. The van der Waals surface area contributed by atoms with Crippen molar-refractivity contribution in [1.82, 2.24) is 10.3 Å². The Bertz CT molecular complexity index is 988. The third kappa shape index (κ3) is 7.37. The number of carbonyl (C=O) groups is 1. The predicted molar refractivity (Wildman–Crippen MR) is 121 cm³/mol. The number of aromatic nitrogens is 1. The van der Waals surface area contributed by atoms with Crippen molar-refractivity contribution in [3.8, 4) is 0 Å². The molecular weight excluding hydrogens is 442 g/mol. The quantitative estimate of drug-likeness (QED) is 0.486. The molecule has 1 amide bonds. The second-order valence-electron chi connectivity index (χ2n) is 7.59. The number of anilines is 1. The number of halogens is 1. The summed E-state index contributed by atoms with van der Waals surface area (Å²) in [5, 5.41) is 11.9. The smallest absolute Gasteiger partial charge is 0.405 e. The van der Waals surface area contributed by atoms with Gasteiger partial charge >= 0.3 is 6.09 Å². The molecule has 170 valence electrons. The molecule has 0 aliphatic heterocycles. The van der Waals surface area contributed by atoms with E-state index >= 15 is 0 Å². The van der Waals surface area contributed by atoms with Crippen LogP contribution in [0.5, 0.6) is 0 Å². The Morgan fingerprint density at radius 1 is 1.29 bits per heavy atom. The van der Waals surface area contributed by atoms with Crippen LogP contribution in [0.2, 0.25) is 5.15 Å². The topological polar surface area (TPSA) is 109 Å². The summed E-state index contributed by atoms with van der Waals surface area (Å²) in [7, 11) is -3.57. The summed E-state index contributed by atoms with van der Waals surface area (Å²) in [6.45, 7) is 3.99. The number of rotatable bonds is 11. The van der Waals surface area contributed by atoms with E-state index in [9.17, 15) is 18.3 Å². The minimum Gasteiger partial charge on any atom is -0.465 e. The summed E-state index contributed by atoms with van der Waals surface area (Å²) >= 11 is 6.25. The van der Waals surface area contributed by atoms with Crippen molar-refractivity contribution >= 4 is 33.4 Å². The van der Waals surface area contributed by atoms with Gasteiger partial charge in [-0.1, -0.05) is 48.9 Å². The van der Waals surface area contributed by atoms with Crippen molar-refractivity contribution < 1.29 is 23.1 Å². The molecule has 0 aliphatic carbocycles. The van der Waals surface area contributed by atoms with Crippen LogP contribution in [0.3, 0.4) is 0 Å². The summed E-state index contributed by atoms with van der Waals surface area (Å²) in [4.78, 5) is 15.4. The lowest BCUT2D eigenvalue weighted by atomic mass is 9.94. The molecule has 2 N–H and O–H groups in total. The summed E-state index contributed by atoms with van der Waals surface area (Å²) < 4.78 is 31.7. The predicted octanol–water partition coefficient (Wildman–Crippen LogP) is 3.70. The highest BCUT2D eigenvalue weighted by Crippen LogP contribution is 2.31. The molecule has 0 bridgehead atoms. The molecule has 0 spiro atoms. The molecule has 0 aliphatic rings. The zero-order valence-electron chi connectivity index (χ0n) is 17.8. The van der Waals surface area contributed by atoms with Gasteiger partial charge in [0, 0.05) is 18.3 Å². The first-order valence-corrected chi connectivity index (χ1v) is 12.0. The van der Waals surface area contributed by atoms with Gasteiger partial charge in [0.25, 0.3) is 0 Å². The Balaban J connectivity index is 2.22.